The molecule has 0 saturated heterocycles. The molecular weight excluding hydrogens is 452 g/mol. The number of aliphatic imine (C=N–C) groups is 1. The van der Waals surface area contributed by atoms with Crippen molar-refractivity contribution >= 4 is 34.7 Å². The summed E-state index contributed by atoms with van der Waals surface area (Å²) in [5, 5.41) is 3.70. The summed E-state index contributed by atoms with van der Waals surface area (Å²) in [5.41, 5.74) is 8.81. The monoisotopic (exact) mass is 480 g/mol. The fraction of sp³-hybridized carbons (Fsp3) is 0.231. The van der Waals surface area contributed by atoms with Gasteiger partial charge in [-0.25, -0.2) is 4.99 Å². The summed E-state index contributed by atoms with van der Waals surface area (Å²) < 4.78 is 10.8. The average molecular weight is 481 g/mol. The third kappa shape index (κ3) is 5.61. The summed E-state index contributed by atoms with van der Waals surface area (Å²) >= 11 is 6.31. The van der Waals surface area contributed by atoms with Gasteiger partial charge in [0.1, 0.15) is 0 Å². The molecule has 0 aliphatic carbocycles. The number of nitrogens with two attached hydrogens (primary N) is 1. The smallest absolute Gasteiger partial charge is 0.250 e. The van der Waals surface area contributed by atoms with E-state index in [0.29, 0.717) is 23.0 Å². The van der Waals surface area contributed by atoms with Gasteiger partial charge in [0.2, 0.25) is 5.91 Å². The number of amides is 1. The first-order valence-corrected chi connectivity index (χ1v) is 11.3. The van der Waals surface area contributed by atoms with Crippen molar-refractivity contribution in [2.75, 3.05) is 19.5 Å². The van der Waals surface area contributed by atoms with E-state index in [1.54, 1.807) is 32.4 Å². The van der Waals surface area contributed by atoms with Crippen LogP contribution >= 0.6 is 11.6 Å². The Morgan fingerprint density at radius 3 is 2.56 bits per heavy atom. The van der Waals surface area contributed by atoms with Crippen molar-refractivity contribution in [2.24, 2.45) is 10.7 Å². The summed E-state index contributed by atoms with van der Waals surface area (Å²) in [6, 6.07) is 10.7. The van der Waals surface area contributed by atoms with Gasteiger partial charge in [-0.05, 0) is 37.6 Å². The van der Waals surface area contributed by atoms with E-state index >= 15 is 0 Å². The second-order valence-corrected chi connectivity index (χ2v) is 7.90. The molecule has 0 fully saturated rings. The molecule has 2 aromatic rings. The molecular formula is C26H29ClN4O3. The molecule has 0 saturated carbocycles. The lowest BCUT2D eigenvalue weighted by Gasteiger charge is -2.27. The zero-order valence-corrected chi connectivity index (χ0v) is 20.5. The number of allylic oxidation sites excluding steroid dienone is 2. The predicted molar refractivity (Wildman–Crippen MR) is 138 cm³/mol. The van der Waals surface area contributed by atoms with E-state index in [9.17, 15) is 4.79 Å². The van der Waals surface area contributed by atoms with Crippen LogP contribution in [0.25, 0.3) is 5.70 Å². The highest BCUT2D eigenvalue weighted by molar-refractivity contribution is 6.34. The number of carbonyl (C=O) groups excluding carboxylic acids is 1. The van der Waals surface area contributed by atoms with Crippen LogP contribution in [0.2, 0.25) is 5.02 Å². The maximum absolute atomic E-state index is 11.6. The lowest BCUT2D eigenvalue weighted by molar-refractivity contribution is 0.100. The molecule has 34 heavy (non-hydrogen) atoms. The number of anilines is 1. The number of amidine groups is 1. The molecule has 0 spiro atoms. The molecule has 1 heterocycles. The second kappa shape index (κ2) is 11.4. The number of primary amides is 1. The highest BCUT2D eigenvalue weighted by Crippen LogP contribution is 2.32. The minimum atomic E-state index is -0.575. The van der Waals surface area contributed by atoms with E-state index in [0.717, 1.165) is 29.8 Å². The van der Waals surface area contributed by atoms with Gasteiger partial charge in [0.25, 0.3) is 0 Å². The summed E-state index contributed by atoms with van der Waals surface area (Å²) in [6.45, 7) is 4.08. The first kappa shape index (κ1) is 24.9. The molecule has 178 valence electrons. The molecule has 0 atom stereocenters. The highest BCUT2D eigenvalue weighted by atomic mass is 35.5. The van der Waals surface area contributed by atoms with Crippen molar-refractivity contribution < 1.29 is 14.3 Å². The molecule has 7 nitrogen and oxygen atoms in total. The van der Waals surface area contributed by atoms with E-state index in [1.807, 2.05) is 48.5 Å². The summed E-state index contributed by atoms with van der Waals surface area (Å²) in [6.07, 6.45) is 9.87. The Labute approximate surface area is 205 Å². The zero-order valence-electron chi connectivity index (χ0n) is 19.8. The first-order chi connectivity index (χ1) is 16.4. The number of ether oxygens (including phenoxy) is 2. The zero-order chi connectivity index (χ0) is 24.7. The Morgan fingerprint density at radius 1 is 1.18 bits per heavy atom. The average Bonchev–Trinajstić information content (AvgIpc) is 2.83. The molecule has 1 aliphatic rings. The van der Waals surface area contributed by atoms with Gasteiger partial charge in [-0.1, -0.05) is 43.2 Å². The molecule has 1 aliphatic heterocycles. The van der Waals surface area contributed by atoms with Crippen LogP contribution in [0, 0.1) is 0 Å². The van der Waals surface area contributed by atoms with Crippen LogP contribution in [-0.2, 0) is 0 Å². The number of carbonyl (C=O) groups is 1. The number of hydrogen-bond acceptors (Lipinski definition) is 6. The molecule has 0 unspecified atom stereocenters. The van der Waals surface area contributed by atoms with Crippen molar-refractivity contribution in [3.8, 4) is 11.5 Å². The summed E-state index contributed by atoms with van der Waals surface area (Å²) in [7, 11) is 3.20. The Kier molecular flexibility index (Phi) is 8.38. The molecule has 0 radical (unpaired) electrons. The van der Waals surface area contributed by atoms with E-state index in [4.69, 9.17) is 31.8 Å². The van der Waals surface area contributed by atoms with Crippen LogP contribution in [0.5, 0.6) is 11.5 Å². The number of rotatable bonds is 8. The highest BCUT2D eigenvalue weighted by Gasteiger charge is 2.21. The van der Waals surface area contributed by atoms with Crippen molar-refractivity contribution in [3.63, 3.8) is 0 Å². The van der Waals surface area contributed by atoms with Crippen LogP contribution in [-0.4, -0.2) is 30.9 Å². The van der Waals surface area contributed by atoms with Crippen molar-refractivity contribution in [2.45, 2.75) is 26.7 Å². The van der Waals surface area contributed by atoms with Gasteiger partial charge >= 0.3 is 0 Å². The van der Waals surface area contributed by atoms with Gasteiger partial charge in [-0.2, -0.15) is 0 Å². The SMILES string of the molecule is C/C=C\N1C=C(c2ccc(C(N)=O)c(Cl)c2)N=C(Nc2ccc(OC)c(OC)c2)/C1=C\CCC. The van der Waals surface area contributed by atoms with Gasteiger partial charge in [0.15, 0.2) is 17.3 Å². The fourth-order valence-corrected chi connectivity index (χ4v) is 3.73. The Hall–Kier alpha value is -3.71. The standard InChI is InChI=1S/C26H29ClN4O3/c1-5-7-8-22-26(29-18-10-12-23(33-3)24(15-18)34-4)30-21(16-31(22)13-6-2)17-9-11-19(25(28)32)20(27)14-17/h6,8-16H,5,7H2,1-4H3,(H2,28,32)(H,29,30)/b13-6-,22-8+. The quantitative estimate of drug-likeness (QED) is 0.498. The maximum atomic E-state index is 11.6. The van der Waals surface area contributed by atoms with Crippen LogP contribution in [0.1, 0.15) is 42.6 Å². The Bertz CT molecular complexity index is 1180. The normalized spacial score (nSPS) is 14.7. The Morgan fingerprint density at radius 2 is 1.94 bits per heavy atom. The van der Waals surface area contributed by atoms with E-state index in [2.05, 4.69) is 18.3 Å². The minimum absolute atomic E-state index is 0.267. The largest absolute Gasteiger partial charge is 0.493 e. The lowest BCUT2D eigenvalue weighted by atomic mass is 10.1. The van der Waals surface area contributed by atoms with Crippen molar-refractivity contribution in [1.29, 1.82) is 0 Å². The molecule has 8 heteroatoms. The van der Waals surface area contributed by atoms with Gasteiger partial charge in [-0.3, -0.25) is 4.79 Å². The second-order valence-electron chi connectivity index (χ2n) is 7.50. The Balaban J connectivity index is 2.09. The van der Waals surface area contributed by atoms with Gasteiger partial charge < -0.3 is 25.4 Å². The molecule has 2 aromatic carbocycles. The molecule has 0 bridgehead atoms. The van der Waals surface area contributed by atoms with Gasteiger partial charge in [0, 0.05) is 29.7 Å². The van der Waals surface area contributed by atoms with Crippen LogP contribution in [0.15, 0.2) is 71.6 Å². The molecule has 0 aromatic heterocycles. The third-order valence-corrected chi connectivity index (χ3v) is 5.44. The van der Waals surface area contributed by atoms with Crippen LogP contribution < -0.4 is 20.5 Å². The minimum Gasteiger partial charge on any atom is -0.493 e. The number of nitrogens with zero attached hydrogens (tertiary/aromatic N) is 2. The molecule has 3 rings (SSSR count). The number of unbranched alkanes of at least 4 members (excludes halogenated alkanes) is 1. The van der Waals surface area contributed by atoms with E-state index in [-0.39, 0.29) is 10.6 Å². The number of methoxy groups -OCH3 is 2. The first-order valence-electron chi connectivity index (χ1n) is 10.9. The predicted octanol–water partition coefficient (Wildman–Crippen LogP) is 5.80. The molecule has 1 amide bonds. The van der Waals surface area contributed by atoms with Crippen molar-refractivity contribution in [3.05, 3.63) is 82.8 Å². The summed E-state index contributed by atoms with van der Waals surface area (Å²) in [4.78, 5) is 18.5. The van der Waals surface area contributed by atoms with E-state index in [1.165, 1.54) is 0 Å². The topological polar surface area (TPSA) is 89.2 Å². The van der Waals surface area contributed by atoms with E-state index < -0.39 is 5.91 Å². The number of hydrogen-bond donors (Lipinski definition) is 2. The third-order valence-electron chi connectivity index (χ3n) is 5.13. The molecule has 3 N–H and O–H groups in total. The lowest BCUT2D eigenvalue weighted by Crippen LogP contribution is -2.27. The maximum Gasteiger partial charge on any atom is 0.250 e. The van der Waals surface area contributed by atoms with Gasteiger partial charge in [-0.15, -0.1) is 0 Å². The van der Waals surface area contributed by atoms with Gasteiger partial charge in [0.05, 0.1) is 36.2 Å². The number of nitrogens with one attached hydrogen (secondary N) is 1. The van der Waals surface area contributed by atoms with Crippen LogP contribution in [0.4, 0.5) is 5.69 Å². The fourth-order valence-electron chi connectivity index (χ4n) is 3.45. The van der Waals surface area contributed by atoms with Crippen LogP contribution in [0.3, 0.4) is 0 Å². The van der Waals surface area contributed by atoms with Crippen molar-refractivity contribution in [1.82, 2.24) is 4.90 Å². The summed E-state index contributed by atoms with van der Waals surface area (Å²) in [5.74, 6) is 1.33. The number of benzene rings is 2. The number of halogens is 1.